The number of hydrogen-bond acceptors (Lipinski definition) is 4. The molecule has 0 heterocycles. The molecule has 1 N–H and O–H groups in total. The molecule has 0 atom stereocenters. The number of halogens is 3. The monoisotopic (exact) mass is 295 g/mol. The normalized spacial score (nSPS) is 11.0. The number of methoxy groups -OCH3 is 2. The molecule has 4 nitrogen and oxygen atoms in total. The van der Waals surface area contributed by atoms with Gasteiger partial charge in [-0.25, -0.2) is 0 Å². The van der Waals surface area contributed by atoms with Gasteiger partial charge in [-0.3, -0.25) is 4.79 Å². The van der Waals surface area contributed by atoms with Crippen molar-refractivity contribution in [3.05, 3.63) is 18.2 Å². The third-order valence-electron chi connectivity index (χ3n) is 2.05. The van der Waals surface area contributed by atoms with Crippen LogP contribution in [0.1, 0.15) is 0 Å². The summed E-state index contributed by atoms with van der Waals surface area (Å²) < 4.78 is 45.8. The molecule has 0 unspecified atom stereocenters. The number of thioether (sulfide) groups is 1. The predicted octanol–water partition coefficient (Wildman–Crippen LogP) is 2.90. The van der Waals surface area contributed by atoms with E-state index in [1.165, 1.54) is 26.4 Å². The lowest BCUT2D eigenvalue weighted by molar-refractivity contribution is -0.114. The summed E-state index contributed by atoms with van der Waals surface area (Å²) in [6, 6.07) is 4.58. The molecule has 0 aromatic heterocycles. The van der Waals surface area contributed by atoms with E-state index in [2.05, 4.69) is 5.32 Å². The van der Waals surface area contributed by atoms with E-state index in [1.54, 1.807) is 6.07 Å². The fraction of sp³-hybridized carbons (Fsp3) is 0.364. The SMILES string of the molecule is COc1ccc(NC(=O)CSC(F)(F)F)c(OC)c1. The van der Waals surface area contributed by atoms with Crippen molar-refractivity contribution in [2.75, 3.05) is 25.3 Å². The smallest absolute Gasteiger partial charge is 0.442 e. The highest BCUT2D eigenvalue weighted by atomic mass is 32.2. The highest BCUT2D eigenvalue weighted by Gasteiger charge is 2.29. The van der Waals surface area contributed by atoms with Gasteiger partial charge in [-0.15, -0.1) is 0 Å². The fourth-order valence-corrected chi connectivity index (χ4v) is 1.60. The van der Waals surface area contributed by atoms with Gasteiger partial charge in [0.15, 0.2) is 0 Å². The van der Waals surface area contributed by atoms with Gasteiger partial charge >= 0.3 is 5.51 Å². The summed E-state index contributed by atoms with van der Waals surface area (Å²) >= 11 is -0.396. The van der Waals surface area contributed by atoms with Crippen molar-refractivity contribution in [2.45, 2.75) is 5.51 Å². The molecule has 0 saturated heterocycles. The fourth-order valence-electron chi connectivity index (χ4n) is 1.24. The second-order valence-corrected chi connectivity index (χ2v) is 4.39. The molecular weight excluding hydrogens is 283 g/mol. The number of carbonyl (C=O) groups excluding carboxylic acids is 1. The number of hydrogen-bond donors (Lipinski definition) is 1. The van der Waals surface area contributed by atoms with Gasteiger partial charge in [0.2, 0.25) is 5.91 Å². The van der Waals surface area contributed by atoms with E-state index in [-0.39, 0.29) is 5.69 Å². The van der Waals surface area contributed by atoms with Gasteiger partial charge < -0.3 is 14.8 Å². The molecule has 0 saturated carbocycles. The van der Waals surface area contributed by atoms with E-state index in [9.17, 15) is 18.0 Å². The average Bonchev–Trinajstić information content (AvgIpc) is 2.36. The molecule has 106 valence electrons. The largest absolute Gasteiger partial charge is 0.497 e. The van der Waals surface area contributed by atoms with Crippen molar-refractivity contribution in [1.29, 1.82) is 0 Å². The van der Waals surface area contributed by atoms with E-state index in [1.807, 2.05) is 0 Å². The summed E-state index contributed by atoms with van der Waals surface area (Å²) in [5, 5.41) is 2.35. The summed E-state index contributed by atoms with van der Waals surface area (Å²) in [6.07, 6.45) is 0. The van der Waals surface area contributed by atoms with Gasteiger partial charge in [-0.05, 0) is 23.9 Å². The Hall–Kier alpha value is -1.57. The zero-order valence-corrected chi connectivity index (χ0v) is 11.0. The zero-order valence-electron chi connectivity index (χ0n) is 10.2. The number of anilines is 1. The lowest BCUT2D eigenvalue weighted by atomic mass is 10.2. The Morgan fingerprint density at radius 3 is 2.53 bits per heavy atom. The molecule has 0 aliphatic heterocycles. The Bertz CT molecular complexity index is 451. The summed E-state index contributed by atoms with van der Waals surface area (Å²) in [5.74, 6) is -0.645. The topological polar surface area (TPSA) is 47.6 Å². The van der Waals surface area contributed by atoms with E-state index in [4.69, 9.17) is 9.47 Å². The number of alkyl halides is 3. The summed E-state index contributed by atoms with van der Waals surface area (Å²) in [4.78, 5) is 11.4. The molecule has 0 radical (unpaired) electrons. The maximum Gasteiger partial charge on any atom is 0.442 e. The van der Waals surface area contributed by atoms with Gasteiger partial charge in [-0.2, -0.15) is 13.2 Å². The maximum atomic E-state index is 11.9. The molecule has 1 aromatic carbocycles. The molecule has 0 fully saturated rings. The first-order chi connectivity index (χ1) is 8.85. The van der Waals surface area contributed by atoms with Gasteiger partial charge in [0.05, 0.1) is 25.7 Å². The Kier molecular flexibility index (Phi) is 5.34. The van der Waals surface area contributed by atoms with E-state index < -0.39 is 28.9 Å². The van der Waals surface area contributed by atoms with Gasteiger partial charge in [-0.1, -0.05) is 0 Å². The van der Waals surface area contributed by atoms with Gasteiger partial charge in [0, 0.05) is 6.07 Å². The van der Waals surface area contributed by atoms with Crippen LogP contribution < -0.4 is 14.8 Å². The van der Waals surface area contributed by atoms with Gasteiger partial charge in [0.1, 0.15) is 11.5 Å². The average molecular weight is 295 g/mol. The first-order valence-corrected chi connectivity index (χ1v) is 6.07. The van der Waals surface area contributed by atoms with Crippen molar-refractivity contribution in [2.24, 2.45) is 0 Å². The second kappa shape index (κ2) is 6.55. The van der Waals surface area contributed by atoms with Crippen molar-refractivity contribution < 1.29 is 27.4 Å². The molecule has 1 rings (SSSR count). The number of benzene rings is 1. The van der Waals surface area contributed by atoms with Crippen molar-refractivity contribution >= 4 is 23.4 Å². The number of carbonyl (C=O) groups is 1. The molecule has 1 aromatic rings. The van der Waals surface area contributed by atoms with Crippen LogP contribution in [0.25, 0.3) is 0 Å². The molecule has 1 amide bonds. The van der Waals surface area contributed by atoms with Crippen LogP contribution in [0.4, 0.5) is 18.9 Å². The minimum absolute atomic E-state index is 0.288. The second-order valence-electron chi connectivity index (χ2n) is 3.35. The molecule has 0 spiro atoms. The van der Waals surface area contributed by atoms with Crippen LogP contribution in [0.2, 0.25) is 0 Å². The van der Waals surface area contributed by atoms with Crippen LogP contribution in [0.3, 0.4) is 0 Å². The lowest BCUT2D eigenvalue weighted by Crippen LogP contribution is -2.17. The van der Waals surface area contributed by atoms with Crippen LogP contribution in [0, 0.1) is 0 Å². The number of amides is 1. The Morgan fingerprint density at radius 2 is 2.00 bits per heavy atom. The highest BCUT2D eigenvalue weighted by molar-refractivity contribution is 8.00. The summed E-state index contributed by atoms with van der Waals surface area (Å²) in [5.41, 5.74) is -4.14. The molecule has 0 aliphatic carbocycles. The first kappa shape index (κ1) is 15.5. The van der Waals surface area contributed by atoms with Crippen LogP contribution in [-0.2, 0) is 4.79 Å². The molecule has 0 aliphatic rings. The van der Waals surface area contributed by atoms with Crippen LogP contribution >= 0.6 is 11.8 Å². The Morgan fingerprint density at radius 1 is 1.32 bits per heavy atom. The molecule has 19 heavy (non-hydrogen) atoms. The zero-order chi connectivity index (χ0) is 14.5. The first-order valence-electron chi connectivity index (χ1n) is 5.08. The van der Waals surface area contributed by atoms with Crippen molar-refractivity contribution in [1.82, 2.24) is 0 Å². The van der Waals surface area contributed by atoms with E-state index in [0.29, 0.717) is 11.5 Å². The van der Waals surface area contributed by atoms with Crippen molar-refractivity contribution in [3.63, 3.8) is 0 Å². The quantitative estimate of drug-likeness (QED) is 0.907. The number of nitrogens with one attached hydrogen (secondary N) is 1. The van der Waals surface area contributed by atoms with Crippen LogP contribution in [0.15, 0.2) is 18.2 Å². The molecule has 8 heteroatoms. The van der Waals surface area contributed by atoms with Gasteiger partial charge in [0.25, 0.3) is 0 Å². The minimum atomic E-state index is -4.43. The standard InChI is InChI=1S/C11H12F3NO3S/c1-17-7-3-4-8(9(5-7)18-2)15-10(16)6-19-11(12,13)14/h3-5H,6H2,1-2H3,(H,15,16). The summed E-state index contributed by atoms with van der Waals surface area (Å²) in [6.45, 7) is 0. The summed E-state index contributed by atoms with van der Waals surface area (Å²) in [7, 11) is 2.85. The number of rotatable bonds is 5. The van der Waals surface area contributed by atoms with Crippen LogP contribution in [-0.4, -0.2) is 31.4 Å². The maximum absolute atomic E-state index is 11.9. The highest BCUT2D eigenvalue weighted by Crippen LogP contribution is 2.31. The predicted molar refractivity (Wildman–Crippen MR) is 66.7 cm³/mol. The Labute approximate surface area is 112 Å². The lowest BCUT2D eigenvalue weighted by Gasteiger charge is -2.11. The van der Waals surface area contributed by atoms with E-state index in [0.717, 1.165) is 0 Å². The minimum Gasteiger partial charge on any atom is -0.497 e. The van der Waals surface area contributed by atoms with Crippen LogP contribution in [0.5, 0.6) is 11.5 Å². The van der Waals surface area contributed by atoms with Crippen molar-refractivity contribution in [3.8, 4) is 11.5 Å². The Balaban J connectivity index is 2.68. The third-order valence-corrected chi connectivity index (χ3v) is 2.78. The third kappa shape index (κ3) is 5.29. The molecular formula is C11H12F3NO3S. The number of ether oxygens (including phenoxy) is 2. The van der Waals surface area contributed by atoms with E-state index >= 15 is 0 Å². The molecule has 0 bridgehead atoms.